The second kappa shape index (κ2) is 6.38. The fraction of sp³-hybridized carbons (Fsp3) is 0.263. The standard InChI is InChI=1S/C19H22/c1-4-10-15(5-2)17(6-3)19-14-9-12-16-11-7-8-13-18(16)19/h4,7-14H,5-6H2,1-3H3/b10-4-,17-15-. The highest BCUT2D eigenvalue weighted by Gasteiger charge is 2.07. The van der Waals surface area contributed by atoms with Gasteiger partial charge in [-0.25, -0.2) is 0 Å². The highest BCUT2D eigenvalue weighted by atomic mass is 14.1. The van der Waals surface area contributed by atoms with Crippen LogP contribution in [0.15, 0.2) is 60.2 Å². The van der Waals surface area contributed by atoms with Crippen LogP contribution in [0.3, 0.4) is 0 Å². The van der Waals surface area contributed by atoms with Gasteiger partial charge < -0.3 is 0 Å². The van der Waals surface area contributed by atoms with Crippen molar-refractivity contribution in [1.82, 2.24) is 0 Å². The Kier molecular flexibility index (Phi) is 4.57. The molecular formula is C19H22. The third-order valence-electron chi connectivity index (χ3n) is 3.60. The van der Waals surface area contributed by atoms with Gasteiger partial charge in [-0.1, -0.05) is 68.5 Å². The summed E-state index contributed by atoms with van der Waals surface area (Å²) in [6.07, 6.45) is 6.54. The van der Waals surface area contributed by atoms with Gasteiger partial charge >= 0.3 is 0 Å². The average Bonchev–Trinajstić information content (AvgIpc) is 2.47. The Morgan fingerprint density at radius 2 is 1.68 bits per heavy atom. The van der Waals surface area contributed by atoms with Crippen LogP contribution in [-0.2, 0) is 0 Å². The molecule has 0 saturated heterocycles. The molecule has 0 aliphatic carbocycles. The minimum absolute atomic E-state index is 1.07. The summed E-state index contributed by atoms with van der Waals surface area (Å²) in [5.74, 6) is 0. The van der Waals surface area contributed by atoms with E-state index in [1.165, 1.54) is 27.5 Å². The molecule has 0 radical (unpaired) electrons. The summed E-state index contributed by atoms with van der Waals surface area (Å²) in [7, 11) is 0. The molecule has 0 heteroatoms. The Labute approximate surface area is 116 Å². The molecule has 0 N–H and O–H groups in total. The average molecular weight is 250 g/mol. The maximum Gasteiger partial charge on any atom is -0.0109 e. The number of hydrogen-bond donors (Lipinski definition) is 0. The van der Waals surface area contributed by atoms with Crippen molar-refractivity contribution in [1.29, 1.82) is 0 Å². The summed E-state index contributed by atoms with van der Waals surface area (Å²) >= 11 is 0. The van der Waals surface area contributed by atoms with Crippen molar-refractivity contribution in [3.63, 3.8) is 0 Å². The van der Waals surface area contributed by atoms with Crippen LogP contribution in [0, 0.1) is 0 Å². The molecule has 0 nitrogen and oxygen atoms in total. The van der Waals surface area contributed by atoms with Crippen LogP contribution in [0.1, 0.15) is 39.2 Å². The summed E-state index contributed by atoms with van der Waals surface area (Å²) in [5, 5.41) is 2.68. The van der Waals surface area contributed by atoms with Gasteiger partial charge in [-0.15, -0.1) is 0 Å². The first-order valence-electron chi connectivity index (χ1n) is 7.14. The lowest BCUT2D eigenvalue weighted by Gasteiger charge is -2.13. The van der Waals surface area contributed by atoms with Gasteiger partial charge in [-0.3, -0.25) is 0 Å². The third-order valence-corrected chi connectivity index (χ3v) is 3.60. The van der Waals surface area contributed by atoms with Crippen LogP contribution in [-0.4, -0.2) is 0 Å². The molecule has 0 unspecified atom stereocenters. The van der Waals surface area contributed by atoms with E-state index in [4.69, 9.17) is 0 Å². The van der Waals surface area contributed by atoms with Crippen LogP contribution in [0.2, 0.25) is 0 Å². The van der Waals surface area contributed by atoms with E-state index in [1.807, 2.05) is 0 Å². The van der Waals surface area contributed by atoms with Crippen LogP contribution in [0.5, 0.6) is 0 Å². The molecule has 2 aromatic carbocycles. The fourth-order valence-electron chi connectivity index (χ4n) is 2.71. The second-order valence-corrected chi connectivity index (χ2v) is 4.74. The second-order valence-electron chi connectivity index (χ2n) is 4.74. The number of benzene rings is 2. The zero-order chi connectivity index (χ0) is 13.7. The zero-order valence-corrected chi connectivity index (χ0v) is 12.1. The van der Waals surface area contributed by atoms with E-state index in [9.17, 15) is 0 Å². The molecule has 0 amide bonds. The monoisotopic (exact) mass is 250 g/mol. The van der Waals surface area contributed by atoms with E-state index in [1.54, 1.807) is 0 Å². The van der Waals surface area contributed by atoms with Crippen molar-refractivity contribution in [3.8, 4) is 0 Å². The number of allylic oxidation sites excluding steroid dienone is 4. The SMILES string of the molecule is C/C=C\C(CC)=C(\CC)c1cccc2ccccc12. The first kappa shape index (κ1) is 13.6. The van der Waals surface area contributed by atoms with Gasteiger partial charge in [0.25, 0.3) is 0 Å². The topological polar surface area (TPSA) is 0 Å². The van der Waals surface area contributed by atoms with Crippen LogP contribution < -0.4 is 0 Å². The number of hydrogen-bond acceptors (Lipinski definition) is 0. The lowest BCUT2D eigenvalue weighted by Crippen LogP contribution is -1.90. The Balaban J connectivity index is 2.71. The number of rotatable bonds is 4. The van der Waals surface area contributed by atoms with E-state index >= 15 is 0 Å². The summed E-state index contributed by atoms with van der Waals surface area (Å²) in [6.45, 7) is 6.57. The molecule has 0 heterocycles. The molecule has 0 fully saturated rings. The van der Waals surface area contributed by atoms with Crippen LogP contribution in [0.25, 0.3) is 16.3 Å². The van der Waals surface area contributed by atoms with Gasteiger partial charge in [-0.2, -0.15) is 0 Å². The van der Waals surface area contributed by atoms with Gasteiger partial charge in [0.15, 0.2) is 0 Å². The van der Waals surface area contributed by atoms with Crippen molar-refractivity contribution in [2.24, 2.45) is 0 Å². The van der Waals surface area contributed by atoms with Crippen molar-refractivity contribution in [3.05, 3.63) is 65.8 Å². The maximum atomic E-state index is 2.25. The Hall–Kier alpha value is -1.82. The summed E-state index contributed by atoms with van der Waals surface area (Å²) in [6, 6.07) is 15.2. The molecule has 0 bridgehead atoms. The highest BCUT2D eigenvalue weighted by Crippen LogP contribution is 2.30. The van der Waals surface area contributed by atoms with Crippen molar-refractivity contribution in [2.75, 3.05) is 0 Å². The van der Waals surface area contributed by atoms with E-state index in [0.717, 1.165) is 12.8 Å². The first-order chi connectivity index (χ1) is 9.31. The van der Waals surface area contributed by atoms with Gasteiger partial charge in [0, 0.05) is 0 Å². The molecular weight excluding hydrogens is 228 g/mol. The predicted molar refractivity (Wildman–Crippen MR) is 86.3 cm³/mol. The third kappa shape index (κ3) is 2.78. The summed E-state index contributed by atoms with van der Waals surface area (Å²) in [4.78, 5) is 0. The van der Waals surface area contributed by atoms with Crippen molar-refractivity contribution < 1.29 is 0 Å². The highest BCUT2D eigenvalue weighted by molar-refractivity contribution is 5.94. The minimum Gasteiger partial charge on any atom is -0.0874 e. The molecule has 98 valence electrons. The predicted octanol–water partition coefficient (Wildman–Crippen LogP) is 5.99. The molecule has 2 aromatic rings. The molecule has 0 saturated carbocycles. The summed E-state index contributed by atoms with van der Waals surface area (Å²) in [5.41, 5.74) is 4.30. The fourth-order valence-corrected chi connectivity index (χ4v) is 2.71. The Bertz CT molecular complexity index is 609. The van der Waals surface area contributed by atoms with E-state index < -0.39 is 0 Å². The van der Waals surface area contributed by atoms with Crippen LogP contribution in [0.4, 0.5) is 0 Å². The smallest absolute Gasteiger partial charge is 0.0109 e. The molecule has 2 rings (SSSR count). The molecule has 0 spiro atoms. The lowest BCUT2D eigenvalue weighted by atomic mass is 9.92. The molecule has 0 aliphatic rings. The quantitative estimate of drug-likeness (QED) is 0.585. The lowest BCUT2D eigenvalue weighted by molar-refractivity contribution is 1.11. The molecule has 0 aliphatic heterocycles. The zero-order valence-electron chi connectivity index (χ0n) is 12.1. The number of fused-ring (bicyclic) bond motifs is 1. The molecule has 0 aromatic heterocycles. The maximum absolute atomic E-state index is 2.25. The van der Waals surface area contributed by atoms with Crippen LogP contribution >= 0.6 is 0 Å². The first-order valence-corrected chi connectivity index (χ1v) is 7.14. The minimum atomic E-state index is 1.07. The molecule has 19 heavy (non-hydrogen) atoms. The largest absolute Gasteiger partial charge is 0.0874 e. The van der Waals surface area contributed by atoms with E-state index in [-0.39, 0.29) is 0 Å². The van der Waals surface area contributed by atoms with Gasteiger partial charge in [0.05, 0.1) is 0 Å². The van der Waals surface area contributed by atoms with Gasteiger partial charge in [0.2, 0.25) is 0 Å². The van der Waals surface area contributed by atoms with Gasteiger partial charge in [-0.05, 0) is 47.2 Å². The Morgan fingerprint density at radius 3 is 2.37 bits per heavy atom. The van der Waals surface area contributed by atoms with Crippen molar-refractivity contribution in [2.45, 2.75) is 33.6 Å². The normalized spacial score (nSPS) is 13.0. The van der Waals surface area contributed by atoms with Gasteiger partial charge in [0.1, 0.15) is 0 Å². The summed E-state index contributed by atoms with van der Waals surface area (Å²) < 4.78 is 0. The molecule has 0 atom stereocenters. The van der Waals surface area contributed by atoms with E-state index in [2.05, 4.69) is 75.4 Å². The Morgan fingerprint density at radius 1 is 0.947 bits per heavy atom. The van der Waals surface area contributed by atoms with Crippen molar-refractivity contribution >= 4 is 16.3 Å². The van der Waals surface area contributed by atoms with E-state index in [0.29, 0.717) is 0 Å².